The van der Waals surface area contributed by atoms with Gasteiger partial charge in [-0.3, -0.25) is 0 Å². The van der Waals surface area contributed by atoms with Gasteiger partial charge in [0.25, 0.3) is 0 Å². The average molecular weight is 765 g/mol. The molecule has 60 heavy (non-hydrogen) atoms. The minimum atomic E-state index is -0.410. The largest absolute Gasteiger partial charge is 0.310 e. The van der Waals surface area contributed by atoms with Crippen LogP contribution < -0.4 is 4.90 Å². The summed E-state index contributed by atoms with van der Waals surface area (Å²) in [6.45, 7) is 4.80. The third-order valence-corrected chi connectivity index (χ3v) is 14.0. The van der Waals surface area contributed by atoms with Crippen molar-refractivity contribution in [2.24, 2.45) is 0 Å². The second-order valence-corrected chi connectivity index (χ2v) is 17.2. The molecular formula is C58H40N2. The minimum Gasteiger partial charge on any atom is -0.310 e. The second-order valence-electron chi connectivity index (χ2n) is 17.2. The Morgan fingerprint density at radius 3 is 1.32 bits per heavy atom. The fraction of sp³-hybridized carbons (Fsp3) is 0.0690. The van der Waals surface area contributed by atoms with Crippen molar-refractivity contribution in [2.45, 2.75) is 24.7 Å². The van der Waals surface area contributed by atoms with E-state index >= 15 is 0 Å². The molecule has 1 spiro atoms. The third kappa shape index (κ3) is 4.27. The highest BCUT2D eigenvalue weighted by atomic mass is 15.1. The van der Waals surface area contributed by atoms with Crippen LogP contribution in [0, 0.1) is 0 Å². The van der Waals surface area contributed by atoms with Gasteiger partial charge in [0, 0.05) is 38.9 Å². The summed E-state index contributed by atoms with van der Waals surface area (Å²) >= 11 is 0. The SMILES string of the molecule is CC1(C)c2cc(N(c3ccccc3)c3ccc4c(c3)C3(c5ccccc5-c5ccccc53)c3ccccc3-4)ccc2-c2ccc(-n3c4ccccc4c4ccccc43)cc21. The summed E-state index contributed by atoms with van der Waals surface area (Å²) in [5.41, 5.74) is 22.5. The predicted octanol–water partition coefficient (Wildman–Crippen LogP) is 14.9. The third-order valence-electron chi connectivity index (χ3n) is 14.0. The molecule has 0 atom stereocenters. The Bertz CT molecular complexity index is 3300. The molecule has 13 rings (SSSR count). The van der Waals surface area contributed by atoms with Crippen LogP contribution in [0.5, 0.6) is 0 Å². The summed E-state index contributed by atoms with van der Waals surface area (Å²) in [4.78, 5) is 2.46. The number of hydrogen-bond donors (Lipinski definition) is 0. The molecule has 10 aromatic rings. The van der Waals surface area contributed by atoms with Crippen LogP contribution >= 0.6 is 0 Å². The maximum atomic E-state index is 2.49. The molecule has 282 valence electrons. The molecule has 0 amide bonds. The molecule has 3 aliphatic rings. The zero-order chi connectivity index (χ0) is 39.7. The molecule has 1 aromatic heterocycles. The van der Waals surface area contributed by atoms with Crippen LogP contribution in [0.3, 0.4) is 0 Å². The lowest BCUT2D eigenvalue weighted by atomic mass is 9.70. The summed E-state index contributed by atoms with van der Waals surface area (Å²) in [7, 11) is 0. The number of nitrogens with zero attached hydrogens (tertiary/aromatic N) is 2. The Morgan fingerprint density at radius 2 is 0.750 bits per heavy atom. The highest BCUT2D eigenvalue weighted by Gasteiger charge is 2.51. The van der Waals surface area contributed by atoms with Crippen molar-refractivity contribution in [3.8, 4) is 39.1 Å². The minimum absolute atomic E-state index is 0.224. The lowest BCUT2D eigenvalue weighted by Crippen LogP contribution is -2.26. The quantitative estimate of drug-likeness (QED) is 0.173. The monoisotopic (exact) mass is 764 g/mol. The maximum Gasteiger partial charge on any atom is 0.0726 e. The Labute approximate surface area is 350 Å². The van der Waals surface area contributed by atoms with Crippen LogP contribution in [-0.2, 0) is 10.8 Å². The van der Waals surface area contributed by atoms with Gasteiger partial charge in [-0.25, -0.2) is 0 Å². The fourth-order valence-electron chi connectivity index (χ4n) is 11.4. The highest BCUT2D eigenvalue weighted by molar-refractivity contribution is 6.09. The number of para-hydroxylation sites is 3. The molecule has 0 aliphatic heterocycles. The summed E-state index contributed by atoms with van der Waals surface area (Å²) in [5, 5.41) is 2.56. The van der Waals surface area contributed by atoms with Crippen LogP contribution in [0.4, 0.5) is 17.1 Å². The molecule has 3 aliphatic carbocycles. The molecule has 0 radical (unpaired) electrons. The first kappa shape index (κ1) is 33.5. The van der Waals surface area contributed by atoms with E-state index in [0.29, 0.717) is 0 Å². The maximum absolute atomic E-state index is 2.49. The molecule has 0 bridgehead atoms. The Hall–Kier alpha value is -7.42. The van der Waals surface area contributed by atoms with Crippen LogP contribution in [0.2, 0.25) is 0 Å². The molecular weight excluding hydrogens is 725 g/mol. The van der Waals surface area contributed by atoms with E-state index in [4.69, 9.17) is 0 Å². The number of hydrogen-bond acceptors (Lipinski definition) is 1. The number of benzene rings is 9. The lowest BCUT2D eigenvalue weighted by Gasteiger charge is -2.32. The van der Waals surface area contributed by atoms with Gasteiger partial charge >= 0.3 is 0 Å². The highest BCUT2D eigenvalue weighted by Crippen LogP contribution is 2.63. The zero-order valence-electron chi connectivity index (χ0n) is 33.5. The smallest absolute Gasteiger partial charge is 0.0726 e. The molecule has 0 N–H and O–H groups in total. The van der Waals surface area contributed by atoms with Crippen LogP contribution in [0.15, 0.2) is 206 Å². The molecule has 2 nitrogen and oxygen atoms in total. The number of fused-ring (bicyclic) bond motifs is 16. The molecule has 2 heteroatoms. The van der Waals surface area contributed by atoms with Gasteiger partial charge in [-0.1, -0.05) is 159 Å². The van der Waals surface area contributed by atoms with Gasteiger partial charge in [-0.15, -0.1) is 0 Å². The van der Waals surface area contributed by atoms with Crippen molar-refractivity contribution in [1.82, 2.24) is 4.57 Å². The van der Waals surface area contributed by atoms with Crippen molar-refractivity contribution < 1.29 is 0 Å². The van der Waals surface area contributed by atoms with Gasteiger partial charge < -0.3 is 9.47 Å². The molecule has 0 saturated carbocycles. The van der Waals surface area contributed by atoms with E-state index in [-0.39, 0.29) is 5.41 Å². The van der Waals surface area contributed by atoms with E-state index in [1.807, 2.05) is 0 Å². The topological polar surface area (TPSA) is 8.17 Å². The molecule has 0 fully saturated rings. The van der Waals surface area contributed by atoms with Crippen molar-refractivity contribution >= 4 is 38.9 Å². The summed E-state index contributed by atoms with van der Waals surface area (Å²) in [6, 6.07) is 77.1. The Kier molecular flexibility index (Phi) is 6.74. The van der Waals surface area contributed by atoms with Crippen molar-refractivity contribution in [3.05, 3.63) is 240 Å². The normalized spacial score (nSPS) is 14.4. The summed E-state index contributed by atoms with van der Waals surface area (Å²) < 4.78 is 2.44. The van der Waals surface area contributed by atoms with Crippen LogP contribution in [-0.4, -0.2) is 4.57 Å². The van der Waals surface area contributed by atoms with Gasteiger partial charge in [0.1, 0.15) is 0 Å². The van der Waals surface area contributed by atoms with Crippen molar-refractivity contribution in [2.75, 3.05) is 4.90 Å². The van der Waals surface area contributed by atoms with E-state index in [1.165, 1.54) is 94.3 Å². The van der Waals surface area contributed by atoms with Gasteiger partial charge in [0.15, 0.2) is 0 Å². The summed E-state index contributed by atoms with van der Waals surface area (Å²) in [5.74, 6) is 0. The van der Waals surface area contributed by atoms with E-state index in [2.05, 4.69) is 230 Å². The van der Waals surface area contributed by atoms with Crippen molar-refractivity contribution in [1.29, 1.82) is 0 Å². The molecule has 9 aromatic carbocycles. The first-order valence-corrected chi connectivity index (χ1v) is 21.1. The van der Waals surface area contributed by atoms with Crippen LogP contribution in [0.25, 0.3) is 60.9 Å². The number of anilines is 3. The van der Waals surface area contributed by atoms with Gasteiger partial charge in [-0.05, 0) is 127 Å². The van der Waals surface area contributed by atoms with Gasteiger partial charge in [-0.2, -0.15) is 0 Å². The van der Waals surface area contributed by atoms with Gasteiger partial charge in [0.2, 0.25) is 0 Å². The number of rotatable bonds is 4. The Balaban J connectivity index is 0.982. The number of aromatic nitrogens is 1. The van der Waals surface area contributed by atoms with E-state index < -0.39 is 5.41 Å². The van der Waals surface area contributed by atoms with E-state index in [9.17, 15) is 0 Å². The lowest BCUT2D eigenvalue weighted by molar-refractivity contribution is 0.660. The average Bonchev–Trinajstić information content (AvgIpc) is 3.97. The Morgan fingerprint density at radius 1 is 0.333 bits per heavy atom. The fourth-order valence-corrected chi connectivity index (χ4v) is 11.4. The molecule has 1 heterocycles. The first-order chi connectivity index (χ1) is 29.5. The van der Waals surface area contributed by atoms with Crippen LogP contribution in [0.1, 0.15) is 47.2 Å². The standard InChI is InChI=1S/C58H40N2/c1-57(2)52-34-38(28-31-44(52)45-32-30-40(35-53(45)57)60-55-26-14-9-21-47(55)48-22-10-15-27-56(48)60)59(37-16-4-3-5-17-37)39-29-33-46-43-20-8-13-25-51(43)58(54(46)36-39)49-23-11-6-18-41(49)42-19-7-12-24-50(42)58/h3-36H,1-2H3. The first-order valence-electron chi connectivity index (χ1n) is 21.1. The molecule has 0 unspecified atom stereocenters. The second kappa shape index (κ2) is 12.1. The van der Waals surface area contributed by atoms with E-state index in [0.717, 1.165) is 17.1 Å². The van der Waals surface area contributed by atoms with Gasteiger partial charge in [0.05, 0.1) is 16.4 Å². The molecule has 0 saturated heterocycles. The summed E-state index contributed by atoms with van der Waals surface area (Å²) in [6.07, 6.45) is 0. The van der Waals surface area contributed by atoms with E-state index in [1.54, 1.807) is 0 Å². The predicted molar refractivity (Wildman–Crippen MR) is 249 cm³/mol. The zero-order valence-corrected chi connectivity index (χ0v) is 33.5. The van der Waals surface area contributed by atoms with Crippen molar-refractivity contribution in [3.63, 3.8) is 0 Å².